The molecule has 0 fully saturated rings. The van der Waals surface area contributed by atoms with E-state index >= 15 is 0 Å². The minimum Gasteiger partial charge on any atom is -0.443 e. The van der Waals surface area contributed by atoms with E-state index in [1.54, 1.807) is 11.3 Å². The summed E-state index contributed by atoms with van der Waals surface area (Å²) >= 11 is 3.15. The van der Waals surface area contributed by atoms with Crippen LogP contribution in [0.25, 0.3) is 42.1 Å². The summed E-state index contributed by atoms with van der Waals surface area (Å²) in [6.45, 7) is 2.09. The first kappa shape index (κ1) is 19.1. The van der Waals surface area contributed by atoms with Crippen molar-refractivity contribution in [3.63, 3.8) is 0 Å². The first-order chi connectivity index (χ1) is 15.6. The molecular weight excluding hydrogens is 440 g/mol. The monoisotopic (exact) mass is 456 g/mol. The third-order valence-corrected chi connectivity index (χ3v) is 7.19. The van der Waals surface area contributed by atoms with E-state index in [0.29, 0.717) is 10.7 Å². The van der Waals surface area contributed by atoms with Crippen LogP contribution in [0.3, 0.4) is 0 Å². The predicted octanol–water partition coefficient (Wildman–Crippen LogP) is 6.20. The van der Waals surface area contributed by atoms with Gasteiger partial charge in [-0.15, -0.1) is 11.3 Å². The van der Waals surface area contributed by atoms with Crippen molar-refractivity contribution < 1.29 is 9.21 Å². The highest BCUT2D eigenvalue weighted by molar-refractivity contribution is 7.23. The highest BCUT2D eigenvalue weighted by Gasteiger charge is 2.12. The largest absolute Gasteiger partial charge is 0.443 e. The highest BCUT2D eigenvalue weighted by atomic mass is 32.1. The molecule has 32 heavy (non-hydrogen) atoms. The van der Waals surface area contributed by atoms with Crippen LogP contribution in [0.2, 0.25) is 0 Å². The fraction of sp³-hybridized carbons (Fsp3) is 0.0833. The lowest BCUT2D eigenvalue weighted by Gasteiger charge is -2.01. The number of amides is 1. The molecule has 156 valence electrons. The molecule has 0 unspecified atom stereocenters. The van der Waals surface area contributed by atoms with Crippen LogP contribution in [0.5, 0.6) is 0 Å². The molecule has 0 atom stereocenters. The third-order valence-electron chi connectivity index (χ3n) is 5.19. The zero-order valence-corrected chi connectivity index (χ0v) is 18.6. The van der Waals surface area contributed by atoms with Crippen molar-refractivity contribution in [2.45, 2.75) is 13.3 Å². The van der Waals surface area contributed by atoms with Crippen LogP contribution in [-0.2, 0) is 11.2 Å². The number of rotatable bonds is 4. The summed E-state index contributed by atoms with van der Waals surface area (Å²) in [5.74, 6) is -0.121. The smallest absolute Gasteiger partial charge is 0.230 e. The zero-order valence-electron chi connectivity index (χ0n) is 17.0. The van der Waals surface area contributed by atoms with Gasteiger partial charge in [-0.2, -0.15) is 0 Å². The lowest BCUT2D eigenvalue weighted by Crippen LogP contribution is -2.14. The fourth-order valence-corrected chi connectivity index (χ4v) is 5.61. The summed E-state index contributed by atoms with van der Waals surface area (Å²) in [6.07, 6.45) is 1.64. The summed E-state index contributed by atoms with van der Waals surface area (Å²) in [4.78, 5) is 26.0. The molecule has 0 spiro atoms. The standard InChI is InChI=1S/C24H16N4O2S2/c1-13-2-5-17-20(8-13)31-23(26-17)15-4-7-18-21(11-15)32-24(27-18)28-22(29)10-14-3-6-16-19(9-14)30-12-25-16/h2-9,11-12H,10H2,1H3,(H,27,28,29). The molecule has 0 saturated carbocycles. The van der Waals surface area contributed by atoms with Crippen LogP contribution in [0.1, 0.15) is 11.1 Å². The van der Waals surface area contributed by atoms with Gasteiger partial charge in [-0.3, -0.25) is 4.79 Å². The topological polar surface area (TPSA) is 80.9 Å². The number of aryl methyl sites for hydroxylation is 1. The second-order valence-electron chi connectivity index (χ2n) is 7.57. The number of carbonyl (C=O) groups is 1. The Kier molecular flexibility index (Phi) is 4.48. The van der Waals surface area contributed by atoms with Gasteiger partial charge in [0.05, 0.1) is 26.9 Å². The molecule has 6 aromatic rings. The number of nitrogens with zero attached hydrogens (tertiary/aromatic N) is 3. The van der Waals surface area contributed by atoms with E-state index in [9.17, 15) is 4.79 Å². The van der Waals surface area contributed by atoms with Crippen molar-refractivity contribution in [1.29, 1.82) is 0 Å². The highest BCUT2D eigenvalue weighted by Crippen LogP contribution is 2.34. The second kappa shape index (κ2) is 7.51. The number of nitrogens with one attached hydrogen (secondary N) is 1. The van der Waals surface area contributed by atoms with Crippen molar-refractivity contribution >= 4 is 65.2 Å². The molecule has 0 saturated heterocycles. The Bertz CT molecular complexity index is 1630. The molecule has 0 aliphatic heterocycles. The average Bonchev–Trinajstić information content (AvgIpc) is 3.49. The first-order valence-corrected chi connectivity index (χ1v) is 11.6. The van der Waals surface area contributed by atoms with E-state index in [2.05, 4.69) is 46.5 Å². The average molecular weight is 457 g/mol. The van der Waals surface area contributed by atoms with Gasteiger partial charge in [-0.1, -0.05) is 23.5 Å². The molecule has 0 aliphatic rings. The molecule has 0 bridgehead atoms. The number of hydrogen-bond acceptors (Lipinski definition) is 7. The van der Waals surface area contributed by atoms with Gasteiger partial charge in [0.1, 0.15) is 10.5 Å². The van der Waals surface area contributed by atoms with E-state index in [-0.39, 0.29) is 12.3 Å². The summed E-state index contributed by atoms with van der Waals surface area (Å²) in [7, 11) is 0. The molecule has 3 heterocycles. The van der Waals surface area contributed by atoms with Gasteiger partial charge in [-0.25, -0.2) is 15.0 Å². The minimum atomic E-state index is -0.121. The van der Waals surface area contributed by atoms with Gasteiger partial charge in [0.2, 0.25) is 5.91 Å². The maximum atomic E-state index is 12.5. The van der Waals surface area contributed by atoms with Gasteiger partial charge >= 0.3 is 0 Å². The van der Waals surface area contributed by atoms with Gasteiger partial charge in [0.25, 0.3) is 0 Å². The number of benzene rings is 3. The molecule has 1 N–H and O–H groups in total. The van der Waals surface area contributed by atoms with Crippen LogP contribution in [-0.4, -0.2) is 20.9 Å². The van der Waals surface area contributed by atoms with Gasteiger partial charge in [0.15, 0.2) is 17.1 Å². The molecule has 1 amide bonds. The maximum Gasteiger partial charge on any atom is 0.230 e. The number of thiazole rings is 2. The normalized spacial score (nSPS) is 11.5. The number of carbonyl (C=O) groups excluding carboxylic acids is 1. The molecule has 0 radical (unpaired) electrons. The zero-order chi connectivity index (χ0) is 21.7. The Balaban J connectivity index is 1.23. The predicted molar refractivity (Wildman–Crippen MR) is 129 cm³/mol. The van der Waals surface area contributed by atoms with E-state index in [1.165, 1.54) is 28.0 Å². The van der Waals surface area contributed by atoms with Crippen molar-refractivity contribution in [3.8, 4) is 10.6 Å². The van der Waals surface area contributed by atoms with E-state index in [4.69, 9.17) is 9.40 Å². The van der Waals surface area contributed by atoms with Gasteiger partial charge in [-0.05, 0) is 60.5 Å². The summed E-state index contributed by atoms with van der Waals surface area (Å²) in [5.41, 5.74) is 6.46. The van der Waals surface area contributed by atoms with Crippen LogP contribution in [0, 0.1) is 6.92 Å². The van der Waals surface area contributed by atoms with E-state index < -0.39 is 0 Å². The van der Waals surface area contributed by atoms with Gasteiger partial charge in [0, 0.05) is 5.56 Å². The van der Waals surface area contributed by atoms with Crippen LogP contribution in [0.15, 0.2) is 65.4 Å². The molecule has 3 aromatic heterocycles. The molecule has 3 aromatic carbocycles. The third kappa shape index (κ3) is 3.53. The molecule has 6 rings (SSSR count). The number of hydrogen-bond donors (Lipinski definition) is 1. The number of aromatic nitrogens is 3. The Morgan fingerprint density at radius 3 is 2.69 bits per heavy atom. The number of oxazole rings is 1. The van der Waals surface area contributed by atoms with Crippen molar-refractivity contribution in [2.24, 2.45) is 0 Å². The second-order valence-corrected chi connectivity index (χ2v) is 9.63. The number of anilines is 1. The van der Waals surface area contributed by atoms with Gasteiger partial charge < -0.3 is 9.73 Å². The Morgan fingerprint density at radius 2 is 1.75 bits per heavy atom. The summed E-state index contributed by atoms with van der Waals surface area (Å²) in [5, 5.41) is 4.48. The van der Waals surface area contributed by atoms with Crippen LogP contribution in [0.4, 0.5) is 5.13 Å². The van der Waals surface area contributed by atoms with E-state index in [0.717, 1.165) is 37.4 Å². The first-order valence-electron chi connectivity index (χ1n) is 10.0. The Hall–Kier alpha value is -3.62. The van der Waals surface area contributed by atoms with Crippen LogP contribution >= 0.6 is 22.7 Å². The SMILES string of the molecule is Cc1ccc2nc(-c3ccc4nc(NC(=O)Cc5ccc6ncoc6c5)sc4c3)sc2c1. The Morgan fingerprint density at radius 1 is 0.938 bits per heavy atom. The quantitative estimate of drug-likeness (QED) is 0.341. The van der Waals surface area contributed by atoms with Crippen LogP contribution < -0.4 is 5.32 Å². The molecular formula is C24H16N4O2S2. The van der Waals surface area contributed by atoms with Crippen molar-refractivity contribution in [1.82, 2.24) is 15.0 Å². The summed E-state index contributed by atoms with van der Waals surface area (Å²) in [6, 6.07) is 18.0. The molecule has 6 nitrogen and oxygen atoms in total. The summed E-state index contributed by atoms with van der Waals surface area (Å²) < 4.78 is 7.51. The van der Waals surface area contributed by atoms with Crippen molar-refractivity contribution in [3.05, 3.63) is 72.1 Å². The van der Waals surface area contributed by atoms with Crippen molar-refractivity contribution in [2.75, 3.05) is 5.32 Å². The lowest BCUT2D eigenvalue weighted by atomic mass is 10.1. The Labute approximate surface area is 190 Å². The maximum absolute atomic E-state index is 12.5. The molecule has 0 aliphatic carbocycles. The number of fused-ring (bicyclic) bond motifs is 3. The molecule has 8 heteroatoms. The lowest BCUT2D eigenvalue weighted by molar-refractivity contribution is -0.115. The fourth-order valence-electron chi connectivity index (χ4n) is 3.62. The minimum absolute atomic E-state index is 0.121. The van der Waals surface area contributed by atoms with E-state index in [1.807, 2.05) is 30.3 Å².